The second-order valence-corrected chi connectivity index (χ2v) is 3.85. The van der Waals surface area contributed by atoms with Gasteiger partial charge >= 0.3 is 5.97 Å². The van der Waals surface area contributed by atoms with E-state index in [4.69, 9.17) is 15.6 Å². The predicted octanol–water partition coefficient (Wildman–Crippen LogP) is 0.849. The minimum Gasteiger partial charge on any atom is -0.479 e. The lowest BCUT2D eigenvalue weighted by molar-refractivity contribution is -0.169. The van der Waals surface area contributed by atoms with Crippen LogP contribution < -0.4 is 5.73 Å². The molecule has 78 valence electrons. The zero-order valence-corrected chi connectivity index (χ0v) is 8.70. The molecule has 0 radical (unpaired) electrons. The van der Waals surface area contributed by atoms with Crippen molar-refractivity contribution in [2.75, 3.05) is 6.54 Å². The Bertz CT molecular complexity index is 180. The second-order valence-electron chi connectivity index (χ2n) is 3.85. The fourth-order valence-electron chi connectivity index (χ4n) is 0.823. The zero-order chi connectivity index (χ0) is 10.6. The number of rotatable bonds is 5. The van der Waals surface area contributed by atoms with Crippen molar-refractivity contribution in [3.05, 3.63) is 0 Å². The molecule has 0 fully saturated rings. The molecule has 0 aliphatic rings. The lowest BCUT2D eigenvalue weighted by Gasteiger charge is -2.28. The number of hydrogen-bond donors (Lipinski definition) is 2. The molecule has 2 atom stereocenters. The van der Waals surface area contributed by atoms with Gasteiger partial charge in [0.25, 0.3) is 0 Å². The minimum atomic E-state index is -1.14. The SMILES string of the molecule is CC(CN)C(C)OC(C)(C)C(=O)O. The maximum atomic E-state index is 10.7. The molecular formula is C9H19NO3. The first-order valence-corrected chi connectivity index (χ1v) is 4.42. The Morgan fingerprint density at radius 2 is 2.00 bits per heavy atom. The summed E-state index contributed by atoms with van der Waals surface area (Å²) >= 11 is 0. The average molecular weight is 189 g/mol. The molecule has 0 saturated carbocycles. The molecule has 0 bridgehead atoms. The number of carboxylic acids is 1. The molecule has 0 amide bonds. The minimum absolute atomic E-state index is 0.143. The van der Waals surface area contributed by atoms with Gasteiger partial charge in [0, 0.05) is 0 Å². The lowest BCUT2D eigenvalue weighted by atomic mass is 10.0. The van der Waals surface area contributed by atoms with Crippen molar-refractivity contribution in [2.45, 2.75) is 39.4 Å². The normalized spacial score (nSPS) is 16.7. The van der Waals surface area contributed by atoms with Gasteiger partial charge in [0.05, 0.1) is 6.10 Å². The standard InChI is InChI=1S/C9H19NO3/c1-6(5-10)7(2)13-9(3,4)8(11)12/h6-7H,5,10H2,1-4H3,(H,11,12). The van der Waals surface area contributed by atoms with E-state index in [0.29, 0.717) is 6.54 Å². The maximum absolute atomic E-state index is 10.7. The van der Waals surface area contributed by atoms with Gasteiger partial charge in [-0.15, -0.1) is 0 Å². The van der Waals surface area contributed by atoms with Crippen LogP contribution in [-0.2, 0) is 9.53 Å². The molecule has 0 aromatic carbocycles. The van der Waals surface area contributed by atoms with Crippen molar-refractivity contribution in [2.24, 2.45) is 11.7 Å². The number of hydrogen-bond acceptors (Lipinski definition) is 3. The van der Waals surface area contributed by atoms with Crippen LogP contribution in [0, 0.1) is 5.92 Å². The van der Waals surface area contributed by atoms with Crippen LogP contribution in [0.1, 0.15) is 27.7 Å². The highest BCUT2D eigenvalue weighted by Crippen LogP contribution is 2.16. The summed E-state index contributed by atoms with van der Waals surface area (Å²) < 4.78 is 5.37. The van der Waals surface area contributed by atoms with Crippen molar-refractivity contribution in [1.82, 2.24) is 0 Å². The molecule has 2 unspecified atom stereocenters. The summed E-state index contributed by atoms with van der Waals surface area (Å²) in [4.78, 5) is 10.7. The van der Waals surface area contributed by atoms with Crippen LogP contribution in [0.5, 0.6) is 0 Å². The van der Waals surface area contributed by atoms with Crippen LogP contribution in [0.3, 0.4) is 0 Å². The fraction of sp³-hybridized carbons (Fsp3) is 0.889. The zero-order valence-electron chi connectivity index (χ0n) is 8.70. The van der Waals surface area contributed by atoms with Gasteiger partial charge in [0.1, 0.15) is 0 Å². The number of aliphatic carboxylic acids is 1. The third kappa shape index (κ3) is 3.74. The van der Waals surface area contributed by atoms with Crippen LogP contribution in [0.4, 0.5) is 0 Å². The van der Waals surface area contributed by atoms with E-state index >= 15 is 0 Å². The lowest BCUT2D eigenvalue weighted by Crippen LogP contribution is -2.40. The summed E-state index contributed by atoms with van der Waals surface area (Å²) in [6, 6.07) is 0. The van der Waals surface area contributed by atoms with Gasteiger partial charge in [0.2, 0.25) is 0 Å². The Kier molecular flexibility index (Phi) is 4.36. The fourth-order valence-corrected chi connectivity index (χ4v) is 0.823. The number of nitrogens with two attached hydrogens (primary N) is 1. The van der Waals surface area contributed by atoms with E-state index < -0.39 is 11.6 Å². The van der Waals surface area contributed by atoms with Crippen molar-refractivity contribution in [1.29, 1.82) is 0 Å². The molecule has 0 spiro atoms. The van der Waals surface area contributed by atoms with E-state index in [2.05, 4.69) is 0 Å². The summed E-state index contributed by atoms with van der Waals surface area (Å²) in [5, 5.41) is 8.79. The van der Waals surface area contributed by atoms with Crippen LogP contribution in [-0.4, -0.2) is 29.3 Å². The number of carbonyl (C=O) groups is 1. The van der Waals surface area contributed by atoms with Gasteiger partial charge in [0.15, 0.2) is 5.60 Å². The topological polar surface area (TPSA) is 72.5 Å². The van der Waals surface area contributed by atoms with E-state index in [1.165, 1.54) is 13.8 Å². The van der Waals surface area contributed by atoms with E-state index in [0.717, 1.165) is 0 Å². The van der Waals surface area contributed by atoms with Gasteiger partial charge < -0.3 is 15.6 Å². The van der Waals surface area contributed by atoms with Gasteiger partial charge in [-0.25, -0.2) is 4.79 Å². The summed E-state index contributed by atoms with van der Waals surface area (Å²) in [6.45, 7) is 7.34. The average Bonchev–Trinajstić information content (AvgIpc) is 2.01. The monoisotopic (exact) mass is 189 g/mol. The van der Waals surface area contributed by atoms with E-state index in [9.17, 15) is 4.79 Å². The predicted molar refractivity (Wildman–Crippen MR) is 50.5 cm³/mol. The summed E-state index contributed by atoms with van der Waals surface area (Å²) in [5.74, 6) is -0.790. The Morgan fingerprint density at radius 3 is 2.31 bits per heavy atom. The molecule has 0 heterocycles. The van der Waals surface area contributed by atoms with Crippen LogP contribution in [0.15, 0.2) is 0 Å². The molecule has 0 aromatic heterocycles. The highest BCUT2D eigenvalue weighted by molar-refractivity contribution is 5.76. The molecule has 4 heteroatoms. The Hall–Kier alpha value is -0.610. The van der Waals surface area contributed by atoms with Crippen molar-refractivity contribution in [3.8, 4) is 0 Å². The first kappa shape index (κ1) is 12.4. The first-order valence-electron chi connectivity index (χ1n) is 4.42. The third-order valence-corrected chi connectivity index (χ3v) is 2.17. The molecule has 4 nitrogen and oxygen atoms in total. The van der Waals surface area contributed by atoms with Crippen molar-refractivity contribution < 1.29 is 14.6 Å². The van der Waals surface area contributed by atoms with Crippen LogP contribution >= 0.6 is 0 Å². The summed E-state index contributed by atoms with van der Waals surface area (Å²) in [7, 11) is 0. The largest absolute Gasteiger partial charge is 0.479 e. The number of ether oxygens (including phenoxy) is 1. The molecular weight excluding hydrogens is 170 g/mol. The summed E-state index contributed by atoms with van der Waals surface area (Å²) in [6.07, 6.45) is -0.143. The highest BCUT2D eigenvalue weighted by atomic mass is 16.5. The molecule has 0 saturated heterocycles. The quantitative estimate of drug-likeness (QED) is 0.672. The van der Waals surface area contributed by atoms with Crippen molar-refractivity contribution in [3.63, 3.8) is 0 Å². The van der Waals surface area contributed by atoms with E-state index in [1.54, 1.807) is 0 Å². The highest BCUT2D eigenvalue weighted by Gasteiger charge is 2.31. The summed E-state index contributed by atoms with van der Waals surface area (Å²) in [5.41, 5.74) is 4.30. The van der Waals surface area contributed by atoms with Crippen LogP contribution in [0.2, 0.25) is 0 Å². The Labute approximate surface area is 79.1 Å². The van der Waals surface area contributed by atoms with Crippen LogP contribution in [0.25, 0.3) is 0 Å². The molecule has 0 rings (SSSR count). The number of carboxylic acid groups (broad SMARTS) is 1. The Morgan fingerprint density at radius 1 is 1.54 bits per heavy atom. The van der Waals surface area contributed by atoms with Gasteiger partial charge in [-0.05, 0) is 33.2 Å². The molecule has 0 aliphatic heterocycles. The molecule has 13 heavy (non-hydrogen) atoms. The third-order valence-electron chi connectivity index (χ3n) is 2.17. The van der Waals surface area contributed by atoms with Gasteiger partial charge in [-0.3, -0.25) is 0 Å². The molecule has 0 aliphatic carbocycles. The second kappa shape index (κ2) is 4.58. The van der Waals surface area contributed by atoms with E-state index in [1.807, 2.05) is 13.8 Å². The molecule has 0 aromatic rings. The molecule has 3 N–H and O–H groups in total. The smallest absolute Gasteiger partial charge is 0.335 e. The van der Waals surface area contributed by atoms with Gasteiger partial charge in [-0.1, -0.05) is 6.92 Å². The maximum Gasteiger partial charge on any atom is 0.335 e. The first-order chi connectivity index (χ1) is 5.81. The Balaban J connectivity index is 4.19. The van der Waals surface area contributed by atoms with E-state index in [-0.39, 0.29) is 12.0 Å². The van der Waals surface area contributed by atoms with Gasteiger partial charge in [-0.2, -0.15) is 0 Å². The van der Waals surface area contributed by atoms with Crippen molar-refractivity contribution >= 4 is 5.97 Å².